The molecule has 0 saturated carbocycles. The maximum Gasteiger partial charge on any atom is 0.226 e. The van der Waals surface area contributed by atoms with E-state index in [0.29, 0.717) is 17.1 Å². The van der Waals surface area contributed by atoms with E-state index in [1.807, 2.05) is 6.92 Å². The van der Waals surface area contributed by atoms with Crippen LogP contribution < -0.4 is 5.32 Å². The van der Waals surface area contributed by atoms with Gasteiger partial charge in [0, 0.05) is 36.6 Å². The van der Waals surface area contributed by atoms with Crippen LogP contribution in [0.4, 0.5) is 5.69 Å². The second kappa shape index (κ2) is 7.53. The van der Waals surface area contributed by atoms with Crippen LogP contribution >= 0.6 is 11.6 Å². The van der Waals surface area contributed by atoms with Gasteiger partial charge in [0.2, 0.25) is 11.8 Å². The molecule has 132 valence electrons. The van der Waals surface area contributed by atoms with E-state index in [1.165, 1.54) is 11.8 Å². The van der Waals surface area contributed by atoms with Gasteiger partial charge in [0.25, 0.3) is 0 Å². The van der Waals surface area contributed by atoms with Gasteiger partial charge >= 0.3 is 0 Å². The lowest BCUT2D eigenvalue weighted by atomic mass is 10.2. The first-order chi connectivity index (χ1) is 11.2. The average molecular weight is 373 g/mol. The lowest BCUT2D eigenvalue weighted by molar-refractivity contribution is -0.131. The first kappa shape index (κ1) is 18.7. The summed E-state index contributed by atoms with van der Waals surface area (Å²) in [7, 11) is -3.08. The Morgan fingerprint density at radius 2 is 2.08 bits per heavy atom. The molecule has 1 saturated heterocycles. The third-order valence-electron chi connectivity index (χ3n) is 4.18. The van der Waals surface area contributed by atoms with Crippen molar-refractivity contribution in [1.29, 1.82) is 0 Å². The van der Waals surface area contributed by atoms with E-state index < -0.39 is 9.84 Å². The number of hydrogen-bond donors (Lipinski definition) is 1. The highest BCUT2D eigenvalue weighted by molar-refractivity contribution is 7.91. The van der Waals surface area contributed by atoms with Crippen molar-refractivity contribution in [2.24, 2.45) is 0 Å². The fourth-order valence-electron chi connectivity index (χ4n) is 2.80. The molecule has 1 aromatic rings. The zero-order chi connectivity index (χ0) is 17.9. The number of nitrogens with one attached hydrogen (secondary N) is 1. The monoisotopic (exact) mass is 372 g/mol. The minimum Gasteiger partial charge on any atom is -0.338 e. The Labute approximate surface area is 147 Å². The summed E-state index contributed by atoms with van der Waals surface area (Å²) in [6, 6.07) is 4.90. The lowest BCUT2D eigenvalue weighted by Gasteiger charge is -2.26. The van der Waals surface area contributed by atoms with Crippen molar-refractivity contribution in [3.8, 4) is 0 Å². The summed E-state index contributed by atoms with van der Waals surface area (Å²) in [6.45, 7) is 3.40. The zero-order valence-electron chi connectivity index (χ0n) is 13.7. The first-order valence-corrected chi connectivity index (χ1v) is 9.92. The summed E-state index contributed by atoms with van der Waals surface area (Å²) in [5.74, 6) is -0.395. The third kappa shape index (κ3) is 4.70. The van der Waals surface area contributed by atoms with Gasteiger partial charge in [0.1, 0.15) is 0 Å². The fraction of sp³-hybridized carbons (Fsp3) is 0.500. The molecule has 8 heteroatoms. The second-order valence-corrected chi connectivity index (χ2v) is 8.62. The van der Waals surface area contributed by atoms with E-state index in [2.05, 4.69) is 5.32 Å². The van der Waals surface area contributed by atoms with E-state index in [-0.39, 0.29) is 42.3 Å². The molecule has 0 radical (unpaired) electrons. The van der Waals surface area contributed by atoms with Crippen LogP contribution in [-0.4, -0.2) is 49.2 Å². The van der Waals surface area contributed by atoms with Crippen LogP contribution in [-0.2, 0) is 19.4 Å². The van der Waals surface area contributed by atoms with Crippen LogP contribution in [0.25, 0.3) is 0 Å². The molecule has 0 bridgehead atoms. The molecule has 2 rings (SSSR count). The minimum absolute atomic E-state index is 0.0262. The standard InChI is InChI=1S/C16H21ClN2O4S/c1-11-14(17)4-3-5-15(11)18-16(21)6-8-19(12(2)20)13-7-9-24(22,23)10-13/h3-5,13H,6-10H2,1-2H3,(H,18,21). The summed E-state index contributed by atoms with van der Waals surface area (Å²) < 4.78 is 23.2. The van der Waals surface area contributed by atoms with Crippen molar-refractivity contribution in [2.75, 3.05) is 23.4 Å². The van der Waals surface area contributed by atoms with E-state index in [0.717, 1.165) is 5.56 Å². The Hall–Kier alpha value is -1.60. The maximum atomic E-state index is 12.1. The molecule has 0 aliphatic carbocycles. The average Bonchev–Trinajstić information content (AvgIpc) is 2.84. The largest absolute Gasteiger partial charge is 0.338 e. The first-order valence-electron chi connectivity index (χ1n) is 7.72. The van der Waals surface area contributed by atoms with Crippen LogP contribution in [0.3, 0.4) is 0 Å². The number of carbonyl (C=O) groups is 2. The van der Waals surface area contributed by atoms with Gasteiger partial charge in [0.05, 0.1) is 11.5 Å². The number of sulfone groups is 1. The van der Waals surface area contributed by atoms with E-state index >= 15 is 0 Å². The van der Waals surface area contributed by atoms with Crippen LogP contribution in [0.15, 0.2) is 18.2 Å². The van der Waals surface area contributed by atoms with Gasteiger partial charge in [-0.25, -0.2) is 8.42 Å². The highest BCUT2D eigenvalue weighted by Gasteiger charge is 2.33. The molecule has 1 atom stereocenters. The summed E-state index contributed by atoms with van der Waals surface area (Å²) >= 11 is 6.02. The Kier molecular flexibility index (Phi) is 5.87. The van der Waals surface area contributed by atoms with Crippen LogP contribution in [0.5, 0.6) is 0 Å². The molecule has 0 spiro atoms. The quantitative estimate of drug-likeness (QED) is 0.856. The van der Waals surface area contributed by atoms with Gasteiger partial charge in [-0.05, 0) is 31.0 Å². The highest BCUT2D eigenvalue weighted by atomic mass is 35.5. The Bertz CT molecular complexity index is 748. The van der Waals surface area contributed by atoms with Crippen molar-refractivity contribution in [1.82, 2.24) is 4.90 Å². The summed E-state index contributed by atoms with van der Waals surface area (Å²) in [6.07, 6.45) is 0.527. The Morgan fingerprint density at radius 3 is 2.67 bits per heavy atom. The number of anilines is 1. The van der Waals surface area contributed by atoms with Gasteiger partial charge in [-0.2, -0.15) is 0 Å². The number of nitrogens with zero attached hydrogens (tertiary/aromatic N) is 1. The molecule has 1 heterocycles. The molecule has 6 nitrogen and oxygen atoms in total. The topological polar surface area (TPSA) is 83.6 Å². The molecule has 24 heavy (non-hydrogen) atoms. The van der Waals surface area contributed by atoms with Crippen molar-refractivity contribution < 1.29 is 18.0 Å². The maximum absolute atomic E-state index is 12.1. The van der Waals surface area contributed by atoms with E-state index in [4.69, 9.17) is 11.6 Å². The predicted molar refractivity (Wildman–Crippen MR) is 93.9 cm³/mol. The van der Waals surface area contributed by atoms with Crippen LogP contribution in [0.1, 0.15) is 25.3 Å². The second-order valence-electron chi connectivity index (χ2n) is 5.98. The van der Waals surface area contributed by atoms with Gasteiger partial charge in [-0.1, -0.05) is 17.7 Å². The summed E-state index contributed by atoms with van der Waals surface area (Å²) in [5.41, 5.74) is 1.41. The molecule has 1 aliphatic rings. The predicted octanol–water partition coefficient (Wildman–Crippen LogP) is 2.01. The molecular weight excluding hydrogens is 352 g/mol. The SMILES string of the molecule is CC(=O)N(CCC(=O)Nc1cccc(Cl)c1C)C1CCS(=O)(=O)C1. The van der Waals surface area contributed by atoms with Gasteiger partial charge < -0.3 is 10.2 Å². The fourth-order valence-corrected chi connectivity index (χ4v) is 4.70. The van der Waals surface area contributed by atoms with Crippen molar-refractivity contribution in [2.45, 2.75) is 32.7 Å². The van der Waals surface area contributed by atoms with Crippen LogP contribution in [0.2, 0.25) is 5.02 Å². The van der Waals surface area contributed by atoms with Crippen molar-refractivity contribution >= 4 is 38.9 Å². The molecule has 1 aliphatic heterocycles. The van der Waals surface area contributed by atoms with E-state index in [1.54, 1.807) is 18.2 Å². The highest BCUT2D eigenvalue weighted by Crippen LogP contribution is 2.23. The molecule has 1 unspecified atom stereocenters. The number of halogens is 1. The number of benzene rings is 1. The lowest BCUT2D eigenvalue weighted by Crippen LogP contribution is -2.41. The molecule has 1 fully saturated rings. The molecule has 1 aromatic carbocycles. The normalized spacial score (nSPS) is 19.0. The molecule has 0 aromatic heterocycles. The number of carbonyl (C=O) groups excluding carboxylic acids is 2. The Balaban J connectivity index is 1.96. The smallest absolute Gasteiger partial charge is 0.226 e. The number of rotatable bonds is 5. The summed E-state index contributed by atoms with van der Waals surface area (Å²) in [5, 5.41) is 3.34. The molecule has 1 N–H and O–H groups in total. The minimum atomic E-state index is -3.08. The summed E-state index contributed by atoms with van der Waals surface area (Å²) in [4.78, 5) is 25.4. The number of amides is 2. The Morgan fingerprint density at radius 1 is 1.38 bits per heavy atom. The van der Waals surface area contributed by atoms with Gasteiger partial charge in [-0.3, -0.25) is 9.59 Å². The van der Waals surface area contributed by atoms with Crippen molar-refractivity contribution in [3.05, 3.63) is 28.8 Å². The third-order valence-corrected chi connectivity index (χ3v) is 6.34. The zero-order valence-corrected chi connectivity index (χ0v) is 15.3. The number of hydrogen-bond acceptors (Lipinski definition) is 4. The van der Waals surface area contributed by atoms with Gasteiger partial charge in [0.15, 0.2) is 9.84 Å². The van der Waals surface area contributed by atoms with Gasteiger partial charge in [-0.15, -0.1) is 0 Å². The van der Waals surface area contributed by atoms with Crippen molar-refractivity contribution in [3.63, 3.8) is 0 Å². The van der Waals surface area contributed by atoms with Crippen LogP contribution in [0, 0.1) is 6.92 Å². The van der Waals surface area contributed by atoms with E-state index in [9.17, 15) is 18.0 Å². The molecular formula is C16H21ClN2O4S. The molecule has 2 amide bonds.